The molecule has 0 amide bonds. The summed E-state index contributed by atoms with van der Waals surface area (Å²) in [6.07, 6.45) is 1.03. The summed E-state index contributed by atoms with van der Waals surface area (Å²) in [5.74, 6) is 0. The molecule has 0 nitrogen and oxygen atoms in total. The van der Waals surface area contributed by atoms with Crippen molar-refractivity contribution in [3.63, 3.8) is 0 Å². The summed E-state index contributed by atoms with van der Waals surface area (Å²) in [5, 5.41) is 2.74. The first-order chi connectivity index (χ1) is 15.6. The second-order valence-corrected chi connectivity index (χ2v) is 9.76. The van der Waals surface area contributed by atoms with Crippen LogP contribution >= 0.6 is 0 Å². The molecular weight excluding hydrogens is 384 g/mol. The van der Waals surface area contributed by atoms with E-state index in [1.807, 2.05) is 0 Å². The largest absolute Gasteiger partial charge is 0.0619 e. The molecule has 0 N–H and O–H groups in total. The molecule has 152 valence electrons. The molecule has 0 aliphatic heterocycles. The molecule has 0 heteroatoms. The summed E-state index contributed by atoms with van der Waals surface area (Å²) in [6, 6.07) is 36.3. The summed E-state index contributed by atoms with van der Waals surface area (Å²) in [6.45, 7) is 4.72. The van der Waals surface area contributed by atoms with Crippen molar-refractivity contribution in [1.29, 1.82) is 0 Å². The van der Waals surface area contributed by atoms with Gasteiger partial charge >= 0.3 is 0 Å². The molecule has 7 rings (SSSR count). The van der Waals surface area contributed by atoms with Gasteiger partial charge in [0.25, 0.3) is 0 Å². The summed E-state index contributed by atoms with van der Waals surface area (Å²) < 4.78 is 0. The Balaban J connectivity index is 1.50. The van der Waals surface area contributed by atoms with Crippen molar-refractivity contribution in [3.05, 3.63) is 119 Å². The van der Waals surface area contributed by atoms with Gasteiger partial charge in [0.2, 0.25) is 0 Å². The highest BCUT2D eigenvalue weighted by Crippen LogP contribution is 2.50. The third-order valence-corrected chi connectivity index (χ3v) is 7.73. The fourth-order valence-corrected chi connectivity index (χ4v) is 6.10. The minimum Gasteiger partial charge on any atom is -0.0619 e. The number of benzene rings is 5. The minimum absolute atomic E-state index is 0.0149. The van der Waals surface area contributed by atoms with Gasteiger partial charge in [-0.05, 0) is 85.0 Å². The van der Waals surface area contributed by atoms with Gasteiger partial charge in [-0.15, -0.1) is 0 Å². The van der Waals surface area contributed by atoms with Gasteiger partial charge < -0.3 is 0 Å². The zero-order chi connectivity index (χ0) is 21.4. The minimum atomic E-state index is 0.0149. The molecule has 0 fully saturated rings. The zero-order valence-electron chi connectivity index (χ0n) is 18.4. The molecule has 0 unspecified atom stereocenters. The fraction of sp³-hybridized carbons (Fsp3) is 0.125. The summed E-state index contributed by atoms with van der Waals surface area (Å²) >= 11 is 0. The molecule has 0 saturated carbocycles. The lowest BCUT2D eigenvalue weighted by Crippen LogP contribution is -2.14. The number of rotatable bonds is 1. The van der Waals surface area contributed by atoms with Crippen LogP contribution < -0.4 is 0 Å². The second-order valence-electron chi connectivity index (χ2n) is 9.76. The fourth-order valence-electron chi connectivity index (χ4n) is 6.10. The molecule has 2 aliphatic rings. The van der Waals surface area contributed by atoms with Crippen molar-refractivity contribution >= 4 is 10.8 Å². The number of hydrogen-bond acceptors (Lipinski definition) is 0. The molecule has 2 aliphatic carbocycles. The Kier molecular flexibility index (Phi) is 3.49. The van der Waals surface area contributed by atoms with Crippen LogP contribution in [0.4, 0.5) is 0 Å². The lowest BCUT2D eigenvalue weighted by atomic mass is 9.81. The van der Waals surface area contributed by atoms with Crippen molar-refractivity contribution in [2.75, 3.05) is 0 Å². The maximum Gasteiger partial charge on any atom is 0.0159 e. The van der Waals surface area contributed by atoms with E-state index in [1.165, 1.54) is 66.4 Å². The standard InChI is InChI=1S/C32H24/c1-32(2)30-14-8-7-13-25(30)26-16-15-21(18-31(26)32)27-19-29-22-10-4-3-9-20(22)17-28(29)24-12-6-5-11-23(24)27/h3-16,18-19H,17H2,1-2H3. The van der Waals surface area contributed by atoms with Crippen LogP contribution in [0.1, 0.15) is 36.1 Å². The first-order valence-electron chi connectivity index (χ1n) is 11.5. The maximum atomic E-state index is 2.45. The molecule has 0 spiro atoms. The normalized spacial score (nSPS) is 14.7. The quantitative estimate of drug-likeness (QED) is 0.256. The van der Waals surface area contributed by atoms with Crippen molar-refractivity contribution < 1.29 is 0 Å². The van der Waals surface area contributed by atoms with Gasteiger partial charge in [0, 0.05) is 5.41 Å². The second kappa shape index (κ2) is 6.20. The van der Waals surface area contributed by atoms with E-state index in [4.69, 9.17) is 0 Å². The van der Waals surface area contributed by atoms with E-state index in [2.05, 4.69) is 111 Å². The van der Waals surface area contributed by atoms with Crippen molar-refractivity contribution in [1.82, 2.24) is 0 Å². The molecule has 32 heavy (non-hydrogen) atoms. The van der Waals surface area contributed by atoms with Gasteiger partial charge in [0.15, 0.2) is 0 Å². The van der Waals surface area contributed by atoms with Crippen LogP contribution in [0, 0.1) is 0 Å². The predicted molar refractivity (Wildman–Crippen MR) is 135 cm³/mol. The topological polar surface area (TPSA) is 0 Å². The van der Waals surface area contributed by atoms with Crippen LogP contribution in [0.25, 0.3) is 44.2 Å². The van der Waals surface area contributed by atoms with Gasteiger partial charge in [-0.2, -0.15) is 0 Å². The lowest BCUT2D eigenvalue weighted by molar-refractivity contribution is 0.660. The summed E-state index contributed by atoms with van der Waals surface area (Å²) in [7, 11) is 0. The smallest absolute Gasteiger partial charge is 0.0159 e. The van der Waals surface area contributed by atoms with Gasteiger partial charge in [0.1, 0.15) is 0 Å². The van der Waals surface area contributed by atoms with Crippen molar-refractivity contribution in [3.8, 4) is 33.4 Å². The Hall–Kier alpha value is -3.64. The monoisotopic (exact) mass is 408 g/mol. The van der Waals surface area contributed by atoms with Crippen LogP contribution in [0.3, 0.4) is 0 Å². The van der Waals surface area contributed by atoms with E-state index in [0.29, 0.717) is 0 Å². The van der Waals surface area contributed by atoms with Crippen molar-refractivity contribution in [2.24, 2.45) is 0 Å². The van der Waals surface area contributed by atoms with E-state index >= 15 is 0 Å². The van der Waals surface area contributed by atoms with Crippen molar-refractivity contribution in [2.45, 2.75) is 25.7 Å². The molecule has 0 saturated heterocycles. The Bertz CT molecular complexity index is 1570. The first-order valence-corrected chi connectivity index (χ1v) is 11.5. The van der Waals surface area contributed by atoms with Gasteiger partial charge in [-0.25, -0.2) is 0 Å². The van der Waals surface area contributed by atoms with E-state index in [0.717, 1.165) is 6.42 Å². The van der Waals surface area contributed by atoms with Crippen LogP contribution in [0.2, 0.25) is 0 Å². The lowest BCUT2D eigenvalue weighted by Gasteiger charge is -2.22. The van der Waals surface area contributed by atoms with Gasteiger partial charge in [-0.3, -0.25) is 0 Å². The van der Waals surface area contributed by atoms with Crippen LogP contribution in [0.5, 0.6) is 0 Å². The number of hydrogen-bond donors (Lipinski definition) is 0. The SMILES string of the molecule is CC1(C)c2ccccc2-c2ccc(-c3cc4c(c5ccccc35)Cc3ccccc3-4)cc21. The Labute approximate surface area is 189 Å². The third kappa shape index (κ3) is 2.27. The third-order valence-electron chi connectivity index (χ3n) is 7.73. The highest BCUT2D eigenvalue weighted by molar-refractivity contribution is 6.05. The van der Waals surface area contributed by atoms with E-state index in [1.54, 1.807) is 0 Å². The Morgan fingerprint density at radius 2 is 1.22 bits per heavy atom. The highest BCUT2D eigenvalue weighted by atomic mass is 14.4. The van der Waals surface area contributed by atoms with Crippen LogP contribution in [0.15, 0.2) is 97.1 Å². The van der Waals surface area contributed by atoms with E-state index in [-0.39, 0.29) is 5.41 Å². The highest BCUT2D eigenvalue weighted by Gasteiger charge is 2.35. The Morgan fingerprint density at radius 3 is 2.09 bits per heavy atom. The molecular formula is C32H24. The summed E-state index contributed by atoms with van der Waals surface area (Å²) in [5.41, 5.74) is 14.0. The molecule has 0 heterocycles. The van der Waals surface area contributed by atoms with Gasteiger partial charge in [-0.1, -0.05) is 98.8 Å². The maximum absolute atomic E-state index is 2.45. The molecule has 0 atom stereocenters. The van der Waals surface area contributed by atoms with Gasteiger partial charge in [0.05, 0.1) is 0 Å². The summed E-state index contributed by atoms with van der Waals surface area (Å²) in [4.78, 5) is 0. The van der Waals surface area contributed by atoms with Crippen LogP contribution in [-0.2, 0) is 11.8 Å². The zero-order valence-corrected chi connectivity index (χ0v) is 18.4. The number of fused-ring (bicyclic) bond motifs is 8. The molecule has 5 aromatic rings. The Morgan fingerprint density at radius 1 is 0.531 bits per heavy atom. The average Bonchev–Trinajstić information content (AvgIpc) is 3.32. The van der Waals surface area contributed by atoms with E-state index in [9.17, 15) is 0 Å². The molecule has 0 bridgehead atoms. The predicted octanol–water partition coefficient (Wildman–Crippen LogP) is 8.38. The molecule has 0 aromatic heterocycles. The molecule has 5 aromatic carbocycles. The molecule has 0 radical (unpaired) electrons. The average molecular weight is 409 g/mol. The van der Waals surface area contributed by atoms with Crippen LogP contribution in [-0.4, -0.2) is 0 Å². The van der Waals surface area contributed by atoms with E-state index < -0.39 is 0 Å². The first kappa shape index (κ1) is 18.0.